The van der Waals surface area contributed by atoms with Crippen LogP contribution in [0.2, 0.25) is 0 Å². The van der Waals surface area contributed by atoms with Crippen LogP contribution in [0.3, 0.4) is 0 Å². The first kappa shape index (κ1) is 13.2. The van der Waals surface area contributed by atoms with Gasteiger partial charge in [0.05, 0.1) is 23.9 Å². The number of sulfonamides is 1. The maximum atomic E-state index is 12.1. The Bertz CT molecular complexity index is 854. The van der Waals surface area contributed by atoms with E-state index < -0.39 is 10.0 Å². The molecule has 9 nitrogen and oxygen atoms in total. The molecular formula is C11H11N7O2S. The summed E-state index contributed by atoms with van der Waals surface area (Å²) in [6, 6.07) is 6.76. The van der Waals surface area contributed by atoms with Gasteiger partial charge in [0.2, 0.25) is 0 Å². The monoisotopic (exact) mass is 305 g/mol. The molecular weight excluding hydrogens is 294 g/mol. The van der Waals surface area contributed by atoms with E-state index in [1.807, 2.05) is 0 Å². The third-order valence-electron chi connectivity index (χ3n) is 2.73. The Morgan fingerprint density at radius 2 is 2.19 bits per heavy atom. The summed E-state index contributed by atoms with van der Waals surface area (Å²) in [6.07, 6.45) is 2.53. The molecule has 3 rings (SSSR count). The molecule has 0 aliphatic carbocycles. The van der Waals surface area contributed by atoms with Crippen LogP contribution < -0.4 is 4.72 Å². The second kappa shape index (κ2) is 4.98. The van der Waals surface area contributed by atoms with Crippen molar-refractivity contribution < 1.29 is 8.42 Å². The lowest BCUT2D eigenvalue weighted by Gasteiger charge is -2.08. The summed E-state index contributed by atoms with van der Waals surface area (Å²) in [5.41, 5.74) is 1.05. The van der Waals surface area contributed by atoms with E-state index in [1.54, 1.807) is 31.2 Å². The summed E-state index contributed by atoms with van der Waals surface area (Å²) in [5.74, 6) is 0.601. The zero-order valence-electron chi connectivity index (χ0n) is 10.9. The second-order valence-corrected chi connectivity index (χ2v) is 5.86. The highest BCUT2D eigenvalue weighted by Gasteiger charge is 2.16. The number of tetrazole rings is 1. The minimum absolute atomic E-state index is 0.00786. The molecule has 108 valence electrons. The lowest BCUT2D eigenvalue weighted by atomic mass is 10.3. The smallest absolute Gasteiger partial charge is 0.278 e. The Labute approximate surface area is 120 Å². The first-order valence-electron chi connectivity index (χ1n) is 5.93. The summed E-state index contributed by atoms with van der Waals surface area (Å²) in [4.78, 5) is 6.24. The quantitative estimate of drug-likeness (QED) is 0.724. The van der Waals surface area contributed by atoms with Crippen LogP contribution in [0.25, 0.3) is 5.69 Å². The Morgan fingerprint density at radius 1 is 1.33 bits per heavy atom. The number of nitrogens with one attached hydrogen (secondary N) is 2. The number of rotatable bonds is 4. The van der Waals surface area contributed by atoms with Gasteiger partial charge in [-0.15, -0.1) is 5.10 Å². The molecule has 0 amide bonds. The van der Waals surface area contributed by atoms with Crippen LogP contribution in [-0.2, 0) is 10.0 Å². The van der Waals surface area contributed by atoms with Gasteiger partial charge < -0.3 is 4.98 Å². The van der Waals surface area contributed by atoms with Crippen molar-refractivity contribution in [3.05, 3.63) is 42.6 Å². The summed E-state index contributed by atoms with van der Waals surface area (Å²) in [6.45, 7) is 1.75. The first-order chi connectivity index (χ1) is 10.1. The van der Waals surface area contributed by atoms with Crippen molar-refractivity contribution in [1.29, 1.82) is 0 Å². The molecule has 3 aromatic rings. The minimum atomic E-state index is -3.69. The number of anilines is 1. The molecule has 10 heteroatoms. The maximum absolute atomic E-state index is 12.1. The third kappa shape index (κ3) is 2.60. The third-order valence-corrected chi connectivity index (χ3v) is 4.04. The van der Waals surface area contributed by atoms with Crippen molar-refractivity contribution >= 4 is 15.7 Å². The topological polar surface area (TPSA) is 118 Å². The van der Waals surface area contributed by atoms with Crippen LogP contribution in [0.4, 0.5) is 5.69 Å². The molecule has 2 N–H and O–H groups in total. The van der Waals surface area contributed by atoms with Crippen LogP contribution in [0.15, 0.2) is 41.8 Å². The number of benzene rings is 1. The van der Waals surface area contributed by atoms with E-state index in [0.717, 1.165) is 0 Å². The molecule has 0 radical (unpaired) electrons. The fourth-order valence-corrected chi connectivity index (χ4v) is 2.73. The van der Waals surface area contributed by atoms with Gasteiger partial charge in [0.25, 0.3) is 10.0 Å². The van der Waals surface area contributed by atoms with Crippen LogP contribution >= 0.6 is 0 Å². The average molecular weight is 305 g/mol. The molecule has 0 spiro atoms. The molecule has 0 atom stereocenters. The highest BCUT2D eigenvalue weighted by atomic mass is 32.2. The number of hydrogen-bond donors (Lipinski definition) is 2. The lowest BCUT2D eigenvalue weighted by Crippen LogP contribution is -2.13. The van der Waals surface area contributed by atoms with Gasteiger partial charge in [-0.1, -0.05) is 6.07 Å². The van der Waals surface area contributed by atoms with Crippen LogP contribution in [0.5, 0.6) is 0 Å². The summed E-state index contributed by atoms with van der Waals surface area (Å²) >= 11 is 0. The fourth-order valence-electron chi connectivity index (χ4n) is 1.77. The molecule has 2 heterocycles. The van der Waals surface area contributed by atoms with Gasteiger partial charge in [0, 0.05) is 0 Å². The molecule has 0 saturated heterocycles. The minimum Gasteiger partial charge on any atom is -0.334 e. The molecule has 21 heavy (non-hydrogen) atoms. The van der Waals surface area contributed by atoms with Crippen LogP contribution in [-0.4, -0.2) is 38.6 Å². The predicted octanol–water partition coefficient (Wildman–Crippen LogP) is 0.495. The first-order valence-corrected chi connectivity index (χ1v) is 7.41. The van der Waals surface area contributed by atoms with Gasteiger partial charge in [-0.3, -0.25) is 4.72 Å². The van der Waals surface area contributed by atoms with E-state index in [-0.39, 0.29) is 5.03 Å². The van der Waals surface area contributed by atoms with Crippen molar-refractivity contribution in [3.63, 3.8) is 0 Å². The van der Waals surface area contributed by atoms with Crippen molar-refractivity contribution in [2.24, 2.45) is 0 Å². The number of hydrogen-bond acceptors (Lipinski definition) is 6. The number of aromatic nitrogens is 6. The molecule has 0 saturated carbocycles. The normalized spacial score (nSPS) is 11.5. The molecule has 0 bridgehead atoms. The predicted molar refractivity (Wildman–Crippen MR) is 73.3 cm³/mol. The summed E-state index contributed by atoms with van der Waals surface area (Å²) < 4.78 is 28.2. The number of aromatic amines is 1. The number of H-pyrrole nitrogens is 1. The summed E-state index contributed by atoms with van der Waals surface area (Å²) in [7, 11) is -3.69. The molecule has 0 unspecified atom stereocenters. The molecule has 0 aliphatic heterocycles. The lowest BCUT2D eigenvalue weighted by molar-refractivity contribution is 0.598. The van der Waals surface area contributed by atoms with E-state index in [4.69, 9.17) is 0 Å². The van der Waals surface area contributed by atoms with Gasteiger partial charge in [-0.2, -0.15) is 13.1 Å². The van der Waals surface area contributed by atoms with Crippen molar-refractivity contribution in [2.75, 3.05) is 4.72 Å². The Kier molecular flexibility index (Phi) is 3.14. The van der Waals surface area contributed by atoms with Gasteiger partial charge in [0.15, 0.2) is 10.9 Å². The zero-order chi connectivity index (χ0) is 14.9. The van der Waals surface area contributed by atoms with E-state index in [9.17, 15) is 8.42 Å². The number of aryl methyl sites for hydroxylation is 1. The standard InChI is InChI=1S/C11H11N7O2S/c1-8-14-16-17-18(8)10-4-2-3-9(5-10)15-21(19,20)11-6-12-7-13-11/h2-7,15H,1H3,(H,12,13). The number of imidazole rings is 1. The second-order valence-electron chi connectivity index (χ2n) is 4.21. The van der Waals surface area contributed by atoms with Crippen LogP contribution in [0.1, 0.15) is 5.82 Å². The largest absolute Gasteiger partial charge is 0.334 e. The van der Waals surface area contributed by atoms with Gasteiger partial charge in [-0.25, -0.2) is 4.98 Å². The Morgan fingerprint density at radius 3 is 2.86 bits per heavy atom. The van der Waals surface area contributed by atoms with E-state index in [1.165, 1.54) is 17.2 Å². The summed E-state index contributed by atoms with van der Waals surface area (Å²) in [5, 5.41) is 11.2. The maximum Gasteiger partial charge on any atom is 0.278 e. The average Bonchev–Trinajstić information content (AvgIpc) is 3.09. The van der Waals surface area contributed by atoms with E-state index in [2.05, 4.69) is 30.2 Å². The van der Waals surface area contributed by atoms with Gasteiger partial charge >= 0.3 is 0 Å². The zero-order valence-corrected chi connectivity index (χ0v) is 11.7. The van der Waals surface area contributed by atoms with E-state index >= 15 is 0 Å². The molecule has 0 aliphatic rings. The Hall–Kier alpha value is -2.75. The van der Waals surface area contributed by atoms with E-state index in [0.29, 0.717) is 17.2 Å². The van der Waals surface area contributed by atoms with Crippen molar-refractivity contribution in [3.8, 4) is 5.69 Å². The number of nitrogens with zero attached hydrogens (tertiary/aromatic N) is 5. The van der Waals surface area contributed by atoms with Crippen molar-refractivity contribution in [1.82, 2.24) is 30.2 Å². The highest BCUT2D eigenvalue weighted by Crippen LogP contribution is 2.17. The van der Waals surface area contributed by atoms with Gasteiger partial charge in [-0.05, 0) is 35.5 Å². The highest BCUT2D eigenvalue weighted by molar-refractivity contribution is 7.92. The van der Waals surface area contributed by atoms with Gasteiger partial charge in [0.1, 0.15) is 0 Å². The SMILES string of the molecule is Cc1nnnn1-c1cccc(NS(=O)(=O)c2cnc[nH]2)c1. The Balaban J connectivity index is 1.93. The molecule has 2 aromatic heterocycles. The molecule has 1 aromatic carbocycles. The van der Waals surface area contributed by atoms with Crippen molar-refractivity contribution in [2.45, 2.75) is 11.9 Å². The molecule has 0 fully saturated rings. The fraction of sp³-hybridized carbons (Fsp3) is 0.0909. The van der Waals surface area contributed by atoms with Crippen LogP contribution in [0, 0.1) is 6.92 Å².